The molecule has 0 radical (unpaired) electrons. The zero-order valence-corrected chi connectivity index (χ0v) is 29.3. The molecule has 47 heavy (non-hydrogen) atoms. The minimum Gasteiger partial charge on any atom is -0.479 e. The van der Waals surface area contributed by atoms with E-state index in [-0.39, 0.29) is 5.54 Å². The Balaban J connectivity index is 1.32. The van der Waals surface area contributed by atoms with Gasteiger partial charge < -0.3 is 14.6 Å². The quantitative estimate of drug-likeness (QED) is 0.186. The van der Waals surface area contributed by atoms with Gasteiger partial charge in [-0.05, 0) is 108 Å². The lowest BCUT2D eigenvalue weighted by Gasteiger charge is -2.49. The average Bonchev–Trinajstić information content (AvgIpc) is 3.58. The van der Waals surface area contributed by atoms with Gasteiger partial charge in [-0.25, -0.2) is 9.78 Å². The molecule has 2 aliphatic heterocycles. The molecular weight excluding hydrogens is 632 g/mol. The first-order chi connectivity index (χ1) is 22.3. The molecule has 5 aromatic rings. The molecule has 8 nitrogen and oxygen atoms in total. The molecule has 1 atom stereocenters. The minimum atomic E-state index is -1.16. The second-order valence-electron chi connectivity index (χ2n) is 14.3. The maximum Gasteiger partial charge on any atom is 0.337 e. The van der Waals surface area contributed by atoms with E-state index in [1.54, 1.807) is 11.3 Å². The zero-order valence-electron chi connectivity index (χ0n) is 27.8. The van der Waals surface area contributed by atoms with Gasteiger partial charge in [0.05, 0.1) is 45.8 Å². The monoisotopic (exact) mass is 672 g/mol. The van der Waals surface area contributed by atoms with Crippen molar-refractivity contribution in [1.29, 1.82) is 0 Å². The molecule has 246 valence electrons. The number of thiazole rings is 1. The number of rotatable bonds is 7. The number of hydrogen-bond acceptors (Lipinski definition) is 7. The highest BCUT2D eigenvalue weighted by atomic mass is 35.5. The summed E-state index contributed by atoms with van der Waals surface area (Å²) in [5, 5.41) is 18.1. The standard InChI is InChI=1S/C37H41ClN4O4S/c1-21-17-27-33(30(22-7-10-25(38)11-8-22)29(21)32(35(43)44)46-36(2,3)4)47-34(39-27)24-9-12-28-26(18-24)31(40-41(28)6)23-13-15-42(16-14-23)37(5)19-45-20-37/h7-12,17-18,23,32H,13-16,19-20H2,1-6H3,(H,43,44)/t32-/m0/s1. The molecule has 0 unspecified atom stereocenters. The van der Waals surface area contributed by atoms with Crippen molar-refractivity contribution < 1.29 is 19.4 Å². The Morgan fingerprint density at radius 2 is 1.79 bits per heavy atom. The van der Waals surface area contributed by atoms with Gasteiger partial charge in [0.25, 0.3) is 0 Å². The number of carbonyl (C=O) groups is 1. The molecular formula is C37H41ClN4O4S. The van der Waals surface area contributed by atoms with Crippen LogP contribution in [-0.2, 0) is 21.3 Å². The van der Waals surface area contributed by atoms with Crippen LogP contribution in [0.25, 0.3) is 42.8 Å². The molecule has 2 fully saturated rings. The van der Waals surface area contributed by atoms with Crippen LogP contribution in [-0.4, -0.2) is 68.2 Å². The summed E-state index contributed by atoms with van der Waals surface area (Å²) in [6, 6.07) is 16.0. The Morgan fingerprint density at radius 1 is 1.11 bits per heavy atom. The van der Waals surface area contributed by atoms with Crippen LogP contribution in [0.1, 0.15) is 69.4 Å². The van der Waals surface area contributed by atoms with Gasteiger partial charge in [-0.2, -0.15) is 5.10 Å². The Morgan fingerprint density at radius 3 is 2.40 bits per heavy atom. The summed E-state index contributed by atoms with van der Waals surface area (Å²) in [5.41, 5.74) is 6.74. The number of carboxylic acids is 1. The Labute approximate surface area is 284 Å². The number of carboxylic acid groups (broad SMARTS) is 1. The normalized spacial score (nSPS) is 18.1. The topological polar surface area (TPSA) is 89.7 Å². The Bertz CT molecular complexity index is 1980. The molecule has 4 heterocycles. The molecule has 1 N–H and O–H groups in total. The molecule has 0 aliphatic carbocycles. The molecule has 0 amide bonds. The van der Waals surface area contributed by atoms with Gasteiger partial charge in [0.15, 0.2) is 6.10 Å². The number of aryl methyl sites for hydroxylation is 2. The maximum absolute atomic E-state index is 12.7. The number of aromatic nitrogens is 3. The summed E-state index contributed by atoms with van der Waals surface area (Å²) < 4.78 is 14.6. The number of piperidine rings is 1. The van der Waals surface area contributed by atoms with Gasteiger partial charge in [0.1, 0.15) is 5.01 Å². The third-order valence-corrected chi connectivity index (χ3v) is 11.0. The van der Waals surface area contributed by atoms with E-state index in [0.29, 0.717) is 16.5 Å². The number of nitrogens with zero attached hydrogens (tertiary/aromatic N) is 4. The lowest BCUT2D eigenvalue weighted by atomic mass is 9.87. The fraction of sp³-hybridized carbons (Fsp3) is 0.432. The summed E-state index contributed by atoms with van der Waals surface area (Å²) in [7, 11) is 2.02. The van der Waals surface area contributed by atoms with Crippen LogP contribution in [0.3, 0.4) is 0 Å². The highest BCUT2D eigenvalue weighted by molar-refractivity contribution is 7.22. The summed E-state index contributed by atoms with van der Waals surface area (Å²) >= 11 is 7.86. The predicted octanol–water partition coefficient (Wildman–Crippen LogP) is 8.39. The number of ether oxygens (including phenoxy) is 2. The van der Waals surface area contributed by atoms with Crippen molar-refractivity contribution in [1.82, 2.24) is 19.7 Å². The first-order valence-electron chi connectivity index (χ1n) is 16.2. The summed E-state index contributed by atoms with van der Waals surface area (Å²) in [5.74, 6) is -0.638. The van der Waals surface area contributed by atoms with Gasteiger partial charge in [-0.15, -0.1) is 11.3 Å². The van der Waals surface area contributed by atoms with Crippen LogP contribution in [0, 0.1) is 6.92 Å². The van der Waals surface area contributed by atoms with E-state index in [9.17, 15) is 9.90 Å². The van der Waals surface area contributed by atoms with Gasteiger partial charge in [0.2, 0.25) is 0 Å². The number of fused-ring (bicyclic) bond motifs is 2. The summed E-state index contributed by atoms with van der Waals surface area (Å²) in [6.45, 7) is 13.6. The number of aliphatic carboxylic acids is 1. The molecule has 0 saturated carbocycles. The van der Waals surface area contributed by atoms with Crippen LogP contribution in [0.5, 0.6) is 0 Å². The second kappa shape index (κ2) is 12.0. The van der Waals surface area contributed by atoms with Crippen molar-refractivity contribution in [2.75, 3.05) is 26.3 Å². The molecule has 2 saturated heterocycles. The number of hydrogen-bond donors (Lipinski definition) is 1. The van der Waals surface area contributed by atoms with E-state index in [0.717, 1.165) is 87.8 Å². The predicted molar refractivity (Wildman–Crippen MR) is 188 cm³/mol. The molecule has 7 rings (SSSR count). The lowest BCUT2D eigenvalue weighted by molar-refractivity contribution is -0.160. The average molecular weight is 673 g/mol. The van der Waals surface area contributed by atoms with Crippen LogP contribution >= 0.6 is 22.9 Å². The van der Waals surface area contributed by atoms with Gasteiger partial charge in [-0.1, -0.05) is 23.7 Å². The minimum absolute atomic E-state index is 0.170. The van der Waals surface area contributed by atoms with Crippen LogP contribution in [0.15, 0.2) is 48.5 Å². The summed E-state index contributed by atoms with van der Waals surface area (Å²) in [6.07, 6.45) is 0.984. The Hall–Kier alpha value is -3.34. The molecule has 0 bridgehead atoms. The highest BCUT2D eigenvalue weighted by Gasteiger charge is 2.41. The first kappa shape index (κ1) is 32.2. The van der Waals surface area contributed by atoms with E-state index in [2.05, 4.69) is 30.0 Å². The van der Waals surface area contributed by atoms with Gasteiger partial charge in [-0.3, -0.25) is 9.58 Å². The number of benzene rings is 3. The molecule has 3 aromatic carbocycles. The van der Waals surface area contributed by atoms with Crippen molar-refractivity contribution in [3.05, 3.63) is 70.4 Å². The maximum atomic E-state index is 12.7. The molecule has 2 aliphatic rings. The van der Waals surface area contributed by atoms with Gasteiger partial charge in [0, 0.05) is 40.1 Å². The van der Waals surface area contributed by atoms with E-state index >= 15 is 0 Å². The van der Waals surface area contributed by atoms with Crippen LogP contribution in [0.4, 0.5) is 0 Å². The number of halogens is 1. The molecule has 0 spiro atoms. The first-order valence-corrected chi connectivity index (χ1v) is 17.4. The smallest absolute Gasteiger partial charge is 0.337 e. The summed E-state index contributed by atoms with van der Waals surface area (Å²) in [4.78, 5) is 20.4. The SMILES string of the molecule is Cc1cc2nc(-c3ccc4c(c3)c(C3CCN(C5(C)COC5)CC3)nn4C)sc2c(-c2ccc(Cl)cc2)c1[C@H](OC(C)(C)C)C(=O)O. The largest absolute Gasteiger partial charge is 0.479 e. The van der Waals surface area contributed by atoms with Gasteiger partial charge >= 0.3 is 5.97 Å². The zero-order chi connectivity index (χ0) is 33.2. The lowest BCUT2D eigenvalue weighted by Crippen LogP contribution is -2.61. The van der Waals surface area contributed by atoms with E-state index in [1.165, 1.54) is 5.39 Å². The molecule has 2 aromatic heterocycles. The van der Waals surface area contributed by atoms with E-state index in [4.69, 9.17) is 31.2 Å². The van der Waals surface area contributed by atoms with Crippen molar-refractivity contribution in [2.24, 2.45) is 7.05 Å². The Kier molecular flexibility index (Phi) is 8.20. The van der Waals surface area contributed by atoms with Crippen molar-refractivity contribution in [2.45, 2.75) is 70.6 Å². The van der Waals surface area contributed by atoms with Crippen molar-refractivity contribution >= 4 is 50.0 Å². The highest BCUT2D eigenvalue weighted by Crippen LogP contribution is 2.45. The van der Waals surface area contributed by atoms with Crippen LogP contribution in [0.2, 0.25) is 5.02 Å². The van der Waals surface area contributed by atoms with Crippen molar-refractivity contribution in [3.63, 3.8) is 0 Å². The van der Waals surface area contributed by atoms with Crippen LogP contribution < -0.4 is 0 Å². The fourth-order valence-electron chi connectivity index (χ4n) is 7.16. The number of likely N-dealkylation sites (tertiary alicyclic amines) is 1. The van der Waals surface area contributed by atoms with E-state index < -0.39 is 17.7 Å². The molecule has 10 heteroatoms. The third-order valence-electron chi connectivity index (χ3n) is 9.62. The second-order valence-corrected chi connectivity index (χ2v) is 15.7. The third kappa shape index (κ3) is 5.97. The van der Waals surface area contributed by atoms with E-state index in [1.807, 2.05) is 69.8 Å². The fourth-order valence-corrected chi connectivity index (χ4v) is 8.41. The van der Waals surface area contributed by atoms with Crippen molar-refractivity contribution in [3.8, 4) is 21.7 Å².